The molecular formula is C28H22Cl2N2O3. The molecule has 0 spiro atoms. The first-order chi connectivity index (χ1) is 16.8. The molecule has 3 aromatic carbocycles. The Morgan fingerprint density at radius 3 is 2.26 bits per heavy atom. The number of halogens is 2. The van der Waals surface area contributed by atoms with E-state index in [9.17, 15) is 14.4 Å². The highest BCUT2D eigenvalue weighted by Gasteiger charge is 2.43. The zero-order valence-corrected chi connectivity index (χ0v) is 20.2. The van der Waals surface area contributed by atoms with Crippen LogP contribution >= 0.6 is 23.2 Å². The lowest BCUT2D eigenvalue weighted by molar-refractivity contribution is -0.120. The second-order valence-corrected chi connectivity index (χ2v) is 9.71. The molecule has 2 atom stereocenters. The Kier molecular flexibility index (Phi) is 6.22. The number of nitrogens with zero attached hydrogens (tertiary/aromatic N) is 1. The predicted octanol–water partition coefficient (Wildman–Crippen LogP) is 6.01. The van der Waals surface area contributed by atoms with E-state index in [0.29, 0.717) is 51.0 Å². The van der Waals surface area contributed by atoms with E-state index < -0.39 is 11.8 Å². The van der Waals surface area contributed by atoms with E-state index in [4.69, 9.17) is 28.9 Å². The topological polar surface area (TPSA) is 80.5 Å². The van der Waals surface area contributed by atoms with E-state index in [-0.39, 0.29) is 24.0 Å². The van der Waals surface area contributed by atoms with Gasteiger partial charge >= 0.3 is 0 Å². The number of Topliss-reactive ketones (excluding diaryl/α,β-unsaturated/α-hetero) is 1. The Morgan fingerprint density at radius 2 is 1.60 bits per heavy atom. The molecule has 2 unspecified atom stereocenters. The fourth-order valence-corrected chi connectivity index (χ4v) is 5.66. The third-order valence-electron chi connectivity index (χ3n) is 6.75. The average molecular weight is 505 g/mol. The number of benzene rings is 3. The van der Waals surface area contributed by atoms with Crippen molar-refractivity contribution >= 4 is 46.5 Å². The summed E-state index contributed by atoms with van der Waals surface area (Å²) in [6, 6.07) is 21.6. The van der Waals surface area contributed by atoms with Gasteiger partial charge in [0.2, 0.25) is 11.8 Å². The number of anilines is 1. The van der Waals surface area contributed by atoms with Gasteiger partial charge in [-0.3, -0.25) is 19.3 Å². The summed E-state index contributed by atoms with van der Waals surface area (Å²) in [5.41, 5.74) is 9.38. The molecule has 5 rings (SSSR count). The number of allylic oxidation sites excluding steroid dienone is 2. The highest BCUT2D eigenvalue weighted by Crippen LogP contribution is 2.48. The van der Waals surface area contributed by atoms with Crippen molar-refractivity contribution in [3.8, 4) is 0 Å². The van der Waals surface area contributed by atoms with Crippen LogP contribution < -0.4 is 10.6 Å². The molecule has 3 aromatic rings. The van der Waals surface area contributed by atoms with Crippen LogP contribution in [0.5, 0.6) is 0 Å². The zero-order valence-electron chi connectivity index (χ0n) is 18.7. The summed E-state index contributed by atoms with van der Waals surface area (Å²) in [5, 5.41) is 0.921. The number of nitrogens with two attached hydrogens (primary N) is 1. The van der Waals surface area contributed by atoms with Crippen molar-refractivity contribution in [2.24, 2.45) is 5.73 Å². The Morgan fingerprint density at radius 1 is 0.886 bits per heavy atom. The molecule has 0 fully saturated rings. The molecule has 1 heterocycles. The Bertz CT molecular complexity index is 1370. The standard InChI is InChI=1S/C28H22Cl2N2O3/c29-19-8-11-21(23(30)14-19)22-15-26(34)32(20-9-6-17(7-10-20)28(31)35)24-12-18(13-25(33)27(22)24)16-4-2-1-3-5-16/h1-11,14,18,22H,12-13,15H2,(H2,31,35). The number of hydrogen-bond donors (Lipinski definition) is 1. The SMILES string of the molecule is NC(=O)c1ccc(N2C(=O)CC(c3ccc(Cl)cc3Cl)C3=C2CC(c2ccccc2)CC3=O)cc1. The largest absolute Gasteiger partial charge is 0.366 e. The van der Waals surface area contributed by atoms with Crippen molar-refractivity contribution in [2.75, 3.05) is 4.90 Å². The van der Waals surface area contributed by atoms with Crippen LogP contribution in [-0.2, 0) is 9.59 Å². The highest BCUT2D eigenvalue weighted by molar-refractivity contribution is 6.35. The van der Waals surface area contributed by atoms with Crippen molar-refractivity contribution in [3.63, 3.8) is 0 Å². The third kappa shape index (κ3) is 4.38. The molecule has 0 aromatic heterocycles. The summed E-state index contributed by atoms with van der Waals surface area (Å²) in [7, 11) is 0. The second-order valence-electron chi connectivity index (χ2n) is 8.86. The van der Waals surface area contributed by atoms with Crippen LogP contribution in [0, 0.1) is 0 Å². The van der Waals surface area contributed by atoms with Gasteiger partial charge in [0, 0.05) is 51.3 Å². The van der Waals surface area contributed by atoms with Crippen LogP contribution in [0.15, 0.2) is 84.1 Å². The van der Waals surface area contributed by atoms with Gasteiger partial charge in [-0.15, -0.1) is 0 Å². The molecule has 35 heavy (non-hydrogen) atoms. The fraction of sp³-hybridized carbons (Fsp3) is 0.179. The van der Waals surface area contributed by atoms with Crippen molar-refractivity contribution < 1.29 is 14.4 Å². The average Bonchev–Trinajstić information content (AvgIpc) is 2.84. The molecule has 0 saturated heterocycles. The molecule has 1 aliphatic heterocycles. The predicted molar refractivity (Wildman–Crippen MR) is 137 cm³/mol. The summed E-state index contributed by atoms with van der Waals surface area (Å²) in [6.07, 6.45) is 0.975. The van der Waals surface area contributed by atoms with Crippen LogP contribution in [0.2, 0.25) is 10.0 Å². The first-order valence-corrected chi connectivity index (χ1v) is 12.1. The van der Waals surface area contributed by atoms with Gasteiger partial charge in [-0.1, -0.05) is 59.6 Å². The van der Waals surface area contributed by atoms with Gasteiger partial charge in [0.1, 0.15) is 0 Å². The summed E-state index contributed by atoms with van der Waals surface area (Å²) in [6.45, 7) is 0. The van der Waals surface area contributed by atoms with Gasteiger partial charge in [-0.25, -0.2) is 0 Å². The van der Waals surface area contributed by atoms with Crippen LogP contribution in [0.25, 0.3) is 0 Å². The highest BCUT2D eigenvalue weighted by atomic mass is 35.5. The molecule has 2 N–H and O–H groups in total. The Balaban J connectivity index is 1.65. The summed E-state index contributed by atoms with van der Waals surface area (Å²) < 4.78 is 0. The van der Waals surface area contributed by atoms with Gasteiger partial charge in [0.15, 0.2) is 5.78 Å². The van der Waals surface area contributed by atoms with E-state index in [1.807, 2.05) is 30.3 Å². The number of primary amides is 1. The van der Waals surface area contributed by atoms with Crippen LogP contribution in [0.1, 0.15) is 52.6 Å². The quantitative estimate of drug-likeness (QED) is 0.471. The molecule has 176 valence electrons. The number of carbonyl (C=O) groups is 3. The maximum atomic E-state index is 13.7. The maximum absolute atomic E-state index is 13.7. The second kappa shape index (κ2) is 9.33. The minimum Gasteiger partial charge on any atom is -0.366 e. The number of hydrogen-bond acceptors (Lipinski definition) is 3. The van der Waals surface area contributed by atoms with E-state index >= 15 is 0 Å². The molecule has 5 nitrogen and oxygen atoms in total. The Hall–Kier alpha value is -3.41. The third-order valence-corrected chi connectivity index (χ3v) is 7.31. The van der Waals surface area contributed by atoms with Crippen molar-refractivity contribution in [1.82, 2.24) is 0 Å². The maximum Gasteiger partial charge on any atom is 0.248 e. The number of amides is 2. The van der Waals surface area contributed by atoms with Crippen LogP contribution in [0.3, 0.4) is 0 Å². The lowest BCUT2D eigenvalue weighted by atomic mass is 9.72. The number of carbonyl (C=O) groups excluding carboxylic acids is 3. The molecule has 0 radical (unpaired) electrons. The number of rotatable bonds is 4. The molecule has 1 aliphatic carbocycles. The van der Waals surface area contributed by atoms with Gasteiger partial charge in [0.05, 0.1) is 0 Å². The first kappa shape index (κ1) is 23.3. The van der Waals surface area contributed by atoms with Crippen molar-refractivity contribution in [1.29, 1.82) is 0 Å². The van der Waals surface area contributed by atoms with E-state index in [1.165, 1.54) is 0 Å². The van der Waals surface area contributed by atoms with Crippen LogP contribution in [0.4, 0.5) is 5.69 Å². The van der Waals surface area contributed by atoms with Crippen molar-refractivity contribution in [2.45, 2.75) is 31.1 Å². The lowest BCUT2D eigenvalue weighted by Gasteiger charge is -2.40. The van der Waals surface area contributed by atoms with Crippen LogP contribution in [-0.4, -0.2) is 17.6 Å². The van der Waals surface area contributed by atoms with E-state index in [0.717, 1.165) is 5.56 Å². The minimum absolute atomic E-state index is 0.00220. The van der Waals surface area contributed by atoms with Gasteiger partial charge < -0.3 is 5.73 Å². The van der Waals surface area contributed by atoms with Gasteiger partial charge in [-0.2, -0.15) is 0 Å². The smallest absolute Gasteiger partial charge is 0.248 e. The normalized spacial score (nSPS) is 20.1. The minimum atomic E-state index is -0.546. The zero-order chi connectivity index (χ0) is 24.7. The molecular weight excluding hydrogens is 483 g/mol. The Labute approximate surface area is 213 Å². The molecule has 0 saturated carbocycles. The summed E-state index contributed by atoms with van der Waals surface area (Å²) in [4.78, 5) is 40.4. The molecule has 7 heteroatoms. The molecule has 2 aliphatic rings. The first-order valence-electron chi connectivity index (χ1n) is 11.3. The lowest BCUT2D eigenvalue weighted by Crippen LogP contribution is -2.41. The number of ketones is 1. The summed E-state index contributed by atoms with van der Waals surface area (Å²) in [5.74, 6) is -1.19. The van der Waals surface area contributed by atoms with E-state index in [2.05, 4.69) is 0 Å². The van der Waals surface area contributed by atoms with Gasteiger partial charge in [0.25, 0.3) is 0 Å². The monoisotopic (exact) mass is 504 g/mol. The van der Waals surface area contributed by atoms with Gasteiger partial charge in [-0.05, 0) is 59.9 Å². The molecule has 2 amide bonds. The van der Waals surface area contributed by atoms with Crippen molar-refractivity contribution in [3.05, 3.63) is 111 Å². The fourth-order valence-electron chi connectivity index (χ4n) is 5.12. The molecule has 0 bridgehead atoms. The van der Waals surface area contributed by atoms with E-state index in [1.54, 1.807) is 47.4 Å². The summed E-state index contributed by atoms with van der Waals surface area (Å²) >= 11 is 12.6.